The minimum atomic E-state index is -3.68. The standard InChI is InChI=1S/C26H24N4O5S2/c1-2-22(24(31)27-19-15-13-18(14-16-19)25(32)33)36-26-29-28-23(30(26)20-9-5-3-6-10-20)17-37(34,35)21-11-7-4-8-12-21/h3-16,22H,2,17H2,1H3,(H,27,31)(H,32,33). The summed E-state index contributed by atoms with van der Waals surface area (Å²) in [5.74, 6) is -1.47. The molecule has 9 nitrogen and oxygen atoms in total. The van der Waals surface area contributed by atoms with Crippen molar-refractivity contribution in [3.63, 3.8) is 0 Å². The molecule has 0 aliphatic rings. The SMILES string of the molecule is CCC(Sc1nnc(CS(=O)(=O)c2ccccc2)n1-c1ccccc1)C(=O)Nc1ccc(C(=O)O)cc1. The maximum atomic E-state index is 13.1. The molecule has 1 amide bonds. The zero-order valence-corrected chi connectivity index (χ0v) is 21.4. The number of hydrogen-bond acceptors (Lipinski definition) is 7. The lowest BCUT2D eigenvalue weighted by molar-refractivity contribution is -0.115. The molecule has 37 heavy (non-hydrogen) atoms. The second kappa shape index (κ2) is 11.4. The third-order valence-corrected chi connectivity index (χ3v) is 8.38. The number of hydrogen-bond donors (Lipinski definition) is 2. The molecule has 0 bridgehead atoms. The van der Waals surface area contributed by atoms with E-state index in [-0.39, 0.29) is 27.9 Å². The summed E-state index contributed by atoms with van der Waals surface area (Å²) in [6, 6.07) is 23.2. The molecule has 1 unspecified atom stereocenters. The Morgan fingerprint density at radius 2 is 1.57 bits per heavy atom. The molecular weight excluding hydrogens is 512 g/mol. The lowest BCUT2D eigenvalue weighted by Gasteiger charge is -2.16. The van der Waals surface area contributed by atoms with Gasteiger partial charge in [0.2, 0.25) is 5.91 Å². The van der Waals surface area contributed by atoms with Gasteiger partial charge in [0, 0.05) is 11.4 Å². The summed E-state index contributed by atoms with van der Waals surface area (Å²) in [4.78, 5) is 24.3. The summed E-state index contributed by atoms with van der Waals surface area (Å²) >= 11 is 1.18. The molecule has 4 aromatic rings. The summed E-state index contributed by atoms with van der Waals surface area (Å²) in [5, 5.41) is 20.1. The molecule has 4 rings (SSSR count). The third-order valence-electron chi connectivity index (χ3n) is 5.45. The number of sulfone groups is 1. The Kier molecular flexibility index (Phi) is 8.04. The Hall–Kier alpha value is -3.96. The zero-order valence-electron chi connectivity index (χ0n) is 19.8. The molecule has 0 aliphatic heterocycles. The fourth-order valence-corrected chi connectivity index (χ4v) is 5.81. The summed E-state index contributed by atoms with van der Waals surface area (Å²) in [5.41, 5.74) is 1.26. The van der Waals surface area contributed by atoms with Gasteiger partial charge in [-0.1, -0.05) is 55.1 Å². The molecule has 0 spiro atoms. The lowest BCUT2D eigenvalue weighted by Crippen LogP contribution is -2.25. The maximum Gasteiger partial charge on any atom is 0.335 e. The van der Waals surface area contributed by atoms with E-state index in [0.717, 1.165) is 0 Å². The van der Waals surface area contributed by atoms with Gasteiger partial charge in [0.15, 0.2) is 20.8 Å². The first-order valence-corrected chi connectivity index (χ1v) is 13.9. The largest absolute Gasteiger partial charge is 0.478 e. The van der Waals surface area contributed by atoms with Crippen LogP contribution in [0.25, 0.3) is 5.69 Å². The Bertz CT molecular complexity index is 1490. The fourth-order valence-electron chi connectivity index (χ4n) is 3.56. The highest BCUT2D eigenvalue weighted by Gasteiger charge is 2.26. The van der Waals surface area contributed by atoms with Gasteiger partial charge >= 0.3 is 5.97 Å². The Labute approximate surface area is 218 Å². The van der Waals surface area contributed by atoms with Crippen molar-refractivity contribution in [1.82, 2.24) is 14.8 Å². The number of carbonyl (C=O) groups is 2. The number of carboxylic acids is 1. The molecule has 1 heterocycles. The number of carbonyl (C=O) groups excluding carboxylic acids is 1. The number of aromatic nitrogens is 3. The summed E-state index contributed by atoms with van der Waals surface area (Å²) in [6.45, 7) is 1.86. The second-order valence-corrected chi connectivity index (χ2v) is 11.2. The molecule has 3 aromatic carbocycles. The van der Waals surface area contributed by atoms with Crippen LogP contribution in [-0.2, 0) is 20.4 Å². The van der Waals surface area contributed by atoms with Crippen molar-refractivity contribution in [1.29, 1.82) is 0 Å². The van der Waals surface area contributed by atoms with Gasteiger partial charge in [-0.25, -0.2) is 13.2 Å². The van der Waals surface area contributed by atoms with Crippen LogP contribution in [0.3, 0.4) is 0 Å². The van der Waals surface area contributed by atoms with Crippen molar-refractivity contribution in [3.8, 4) is 5.69 Å². The topological polar surface area (TPSA) is 131 Å². The van der Waals surface area contributed by atoms with Gasteiger partial charge in [0.1, 0.15) is 5.75 Å². The van der Waals surface area contributed by atoms with Crippen molar-refractivity contribution < 1.29 is 23.1 Å². The smallest absolute Gasteiger partial charge is 0.335 e. The van der Waals surface area contributed by atoms with E-state index in [1.807, 2.05) is 37.3 Å². The molecule has 190 valence electrons. The van der Waals surface area contributed by atoms with Crippen LogP contribution in [-0.4, -0.2) is 45.4 Å². The number of carboxylic acid groups (broad SMARTS) is 1. The second-order valence-electron chi connectivity index (χ2n) is 8.03. The lowest BCUT2D eigenvalue weighted by atomic mass is 10.2. The number of nitrogens with zero attached hydrogens (tertiary/aromatic N) is 3. The molecule has 0 fully saturated rings. The molecule has 0 saturated heterocycles. The molecule has 0 radical (unpaired) electrons. The van der Waals surface area contributed by atoms with Gasteiger partial charge in [-0.3, -0.25) is 9.36 Å². The third kappa shape index (κ3) is 6.25. The molecule has 2 N–H and O–H groups in total. The Balaban J connectivity index is 1.61. The van der Waals surface area contributed by atoms with Crippen LogP contribution in [0.5, 0.6) is 0 Å². The first-order chi connectivity index (χ1) is 17.8. The van der Waals surface area contributed by atoms with Crippen LogP contribution >= 0.6 is 11.8 Å². The first-order valence-electron chi connectivity index (χ1n) is 11.4. The number of nitrogens with one attached hydrogen (secondary N) is 1. The first kappa shape index (κ1) is 26.1. The van der Waals surface area contributed by atoms with E-state index in [2.05, 4.69) is 15.5 Å². The molecule has 1 aromatic heterocycles. The van der Waals surface area contributed by atoms with Crippen molar-refractivity contribution >= 4 is 39.2 Å². The highest BCUT2D eigenvalue weighted by molar-refractivity contribution is 8.00. The van der Waals surface area contributed by atoms with Crippen LogP contribution in [0.1, 0.15) is 29.5 Å². The molecule has 0 aliphatic carbocycles. The maximum absolute atomic E-state index is 13.1. The molecule has 11 heteroatoms. The van der Waals surface area contributed by atoms with Crippen LogP contribution in [0.15, 0.2) is 95.0 Å². The van der Waals surface area contributed by atoms with Crippen molar-refractivity contribution in [2.45, 2.75) is 34.4 Å². The Morgan fingerprint density at radius 1 is 0.946 bits per heavy atom. The number of aromatic carboxylic acids is 1. The van der Waals surface area contributed by atoms with E-state index < -0.39 is 21.1 Å². The number of thioether (sulfide) groups is 1. The van der Waals surface area contributed by atoms with Gasteiger partial charge < -0.3 is 10.4 Å². The van der Waals surface area contributed by atoms with E-state index in [1.54, 1.807) is 22.8 Å². The number of para-hydroxylation sites is 1. The molecule has 1 atom stereocenters. The van der Waals surface area contributed by atoms with Gasteiger partial charge in [-0.05, 0) is 55.0 Å². The van der Waals surface area contributed by atoms with Crippen LogP contribution in [0.4, 0.5) is 5.69 Å². The average molecular weight is 537 g/mol. The van der Waals surface area contributed by atoms with E-state index in [0.29, 0.717) is 23.0 Å². The van der Waals surface area contributed by atoms with Crippen LogP contribution in [0, 0.1) is 0 Å². The van der Waals surface area contributed by atoms with Gasteiger partial charge in [0.05, 0.1) is 15.7 Å². The summed E-state index contributed by atoms with van der Waals surface area (Å²) in [6.07, 6.45) is 0.461. The highest BCUT2D eigenvalue weighted by Crippen LogP contribution is 2.29. The zero-order chi connectivity index (χ0) is 26.4. The van der Waals surface area contributed by atoms with Gasteiger partial charge in [0.25, 0.3) is 0 Å². The highest BCUT2D eigenvalue weighted by atomic mass is 32.2. The van der Waals surface area contributed by atoms with Crippen molar-refractivity contribution in [3.05, 3.63) is 96.3 Å². The predicted molar refractivity (Wildman–Crippen MR) is 141 cm³/mol. The number of benzene rings is 3. The minimum Gasteiger partial charge on any atom is -0.478 e. The Morgan fingerprint density at radius 3 is 2.16 bits per heavy atom. The van der Waals surface area contributed by atoms with E-state index in [4.69, 9.17) is 5.11 Å². The van der Waals surface area contributed by atoms with E-state index >= 15 is 0 Å². The predicted octanol–water partition coefficient (Wildman–Crippen LogP) is 4.45. The van der Waals surface area contributed by atoms with E-state index in [1.165, 1.54) is 48.2 Å². The monoisotopic (exact) mass is 536 g/mol. The fraction of sp³-hybridized carbons (Fsp3) is 0.154. The van der Waals surface area contributed by atoms with E-state index in [9.17, 15) is 18.0 Å². The van der Waals surface area contributed by atoms with Gasteiger partial charge in [-0.2, -0.15) is 0 Å². The van der Waals surface area contributed by atoms with Crippen molar-refractivity contribution in [2.24, 2.45) is 0 Å². The molecular formula is C26H24N4O5S2. The quantitative estimate of drug-likeness (QED) is 0.284. The number of amides is 1. The number of rotatable bonds is 10. The number of anilines is 1. The summed E-state index contributed by atoms with van der Waals surface area (Å²) < 4.78 is 27.8. The summed E-state index contributed by atoms with van der Waals surface area (Å²) in [7, 11) is -3.68. The molecule has 0 saturated carbocycles. The van der Waals surface area contributed by atoms with Crippen molar-refractivity contribution in [2.75, 3.05) is 5.32 Å². The van der Waals surface area contributed by atoms with Gasteiger partial charge in [-0.15, -0.1) is 10.2 Å². The normalized spacial score (nSPS) is 12.1. The van der Waals surface area contributed by atoms with Crippen LogP contribution < -0.4 is 5.32 Å². The van der Waals surface area contributed by atoms with Crippen LogP contribution in [0.2, 0.25) is 0 Å². The average Bonchev–Trinajstić information content (AvgIpc) is 3.29. The minimum absolute atomic E-state index is 0.119.